The van der Waals surface area contributed by atoms with Gasteiger partial charge in [-0.2, -0.15) is 0 Å². The number of aromatic nitrogens is 1. The first kappa shape index (κ1) is 16.6. The fourth-order valence-electron chi connectivity index (χ4n) is 1.75. The van der Waals surface area contributed by atoms with E-state index in [0.29, 0.717) is 4.60 Å². The highest BCUT2D eigenvalue weighted by atomic mass is 79.9. The molecule has 1 aromatic heterocycles. The van der Waals surface area contributed by atoms with Crippen molar-refractivity contribution in [2.24, 2.45) is 0 Å². The van der Waals surface area contributed by atoms with E-state index in [1.165, 1.54) is 6.07 Å². The van der Waals surface area contributed by atoms with E-state index in [1.807, 2.05) is 0 Å². The Kier molecular flexibility index (Phi) is 5.02. The summed E-state index contributed by atoms with van der Waals surface area (Å²) in [6.07, 6.45) is 0. The first-order valence-corrected chi connectivity index (χ1v) is 7.01. The molecule has 0 aliphatic rings. The number of nitro groups is 1. The smallest absolute Gasteiger partial charge is 0.338 e. The number of rotatable bonds is 4. The van der Waals surface area contributed by atoms with Gasteiger partial charge in [0.25, 0.3) is 11.6 Å². The van der Waals surface area contributed by atoms with E-state index < -0.39 is 16.8 Å². The highest BCUT2D eigenvalue weighted by molar-refractivity contribution is 9.10. The number of nitrogens with one attached hydrogen (secondary N) is 1. The highest BCUT2D eigenvalue weighted by Gasteiger charge is 2.18. The second-order valence-corrected chi connectivity index (χ2v) is 5.13. The molecule has 0 radical (unpaired) electrons. The van der Waals surface area contributed by atoms with Crippen LogP contribution in [0.5, 0.6) is 0 Å². The third kappa shape index (κ3) is 4.10. The predicted molar refractivity (Wildman–Crippen MR) is 84.3 cm³/mol. The molecular formula is C14H10BrN3O5. The second-order valence-electron chi connectivity index (χ2n) is 4.32. The number of pyridine rings is 1. The molecule has 1 amide bonds. The zero-order valence-electron chi connectivity index (χ0n) is 11.8. The molecule has 0 aliphatic heterocycles. The lowest BCUT2D eigenvalue weighted by Gasteiger charge is -2.06. The molecule has 2 rings (SSSR count). The van der Waals surface area contributed by atoms with Crippen molar-refractivity contribution in [1.82, 2.24) is 4.98 Å². The molecule has 9 heteroatoms. The molecule has 1 heterocycles. The van der Waals surface area contributed by atoms with E-state index in [-0.39, 0.29) is 22.6 Å². The Morgan fingerprint density at radius 1 is 1.26 bits per heavy atom. The number of carbonyl (C=O) groups excluding carboxylic acids is 2. The normalized spacial score (nSPS) is 10.0. The van der Waals surface area contributed by atoms with Crippen LogP contribution in [0.25, 0.3) is 0 Å². The van der Waals surface area contributed by atoms with E-state index >= 15 is 0 Å². The van der Waals surface area contributed by atoms with Gasteiger partial charge in [0.1, 0.15) is 10.4 Å². The molecule has 23 heavy (non-hydrogen) atoms. The Labute approximate surface area is 138 Å². The van der Waals surface area contributed by atoms with Gasteiger partial charge in [0, 0.05) is 17.7 Å². The van der Waals surface area contributed by atoms with Gasteiger partial charge < -0.3 is 10.1 Å². The molecule has 0 aliphatic carbocycles. The number of methoxy groups -OCH3 is 1. The van der Waals surface area contributed by atoms with E-state index in [4.69, 9.17) is 0 Å². The predicted octanol–water partition coefficient (Wildman–Crippen LogP) is 2.79. The van der Waals surface area contributed by atoms with Gasteiger partial charge in [-0.15, -0.1) is 0 Å². The van der Waals surface area contributed by atoms with Crippen molar-refractivity contribution in [3.05, 3.63) is 62.2 Å². The van der Waals surface area contributed by atoms with Crippen molar-refractivity contribution in [3.8, 4) is 0 Å². The van der Waals surface area contributed by atoms with Crippen LogP contribution in [0.3, 0.4) is 0 Å². The Bertz CT molecular complexity index is 794. The molecule has 1 N–H and O–H groups in total. The summed E-state index contributed by atoms with van der Waals surface area (Å²) in [7, 11) is 1.15. The second kappa shape index (κ2) is 6.97. The van der Waals surface area contributed by atoms with E-state index in [2.05, 4.69) is 31.0 Å². The average Bonchev–Trinajstić information content (AvgIpc) is 2.53. The Balaban J connectivity index is 2.37. The summed E-state index contributed by atoms with van der Waals surface area (Å²) in [6, 6.07) is 8.23. The zero-order chi connectivity index (χ0) is 17.0. The summed E-state index contributed by atoms with van der Waals surface area (Å²) in [5.74, 6) is -1.15. The Morgan fingerprint density at radius 2 is 1.96 bits per heavy atom. The lowest BCUT2D eigenvalue weighted by molar-refractivity contribution is -0.384. The van der Waals surface area contributed by atoms with E-state index in [1.54, 1.807) is 18.2 Å². The maximum atomic E-state index is 12.2. The van der Waals surface area contributed by atoms with Crippen LogP contribution < -0.4 is 5.32 Å². The molecule has 0 atom stereocenters. The third-order valence-corrected chi connectivity index (χ3v) is 3.21. The van der Waals surface area contributed by atoms with Crippen LogP contribution in [-0.2, 0) is 4.74 Å². The molecule has 2 aromatic rings. The SMILES string of the molecule is COC(=O)c1cc(C(=O)Nc2cccc(Br)n2)cc([N+](=O)[O-])c1. The summed E-state index contributed by atoms with van der Waals surface area (Å²) < 4.78 is 5.05. The van der Waals surface area contributed by atoms with Crippen LogP contribution in [0.2, 0.25) is 0 Å². The Morgan fingerprint density at radius 3 is 2.57 bits per heavy atom. The molecule has 0 fully saturated rings. The largest absolute Gasteiger partial charge is 0.465 e. The number of nitro benzene ring substituents is 1. The standard InChI is InChI=1S/C14H10BrN3O5/c1-23-14(20)9-5-8(6-10(7-9)18(21)22)13(19)17-12-4-2-3-11(15)16-12/h2-7H,1H3,(H,16,17,19). The van der Waals surface area contributed by atoms with E-state index in [0.717, 1.165) is 19.2 Å². The van der Waals surface area contributed by atoms with Crippen molar-refractivity contribution < 1.29 is 19.2 Å². The van der Waals surface area contributed by atoms with Gasteiger partial charge in [-0.1, -0.05) is 6.07 Å². The fourth-order valence-corrected chi connectivity index (χ4v) is 2.09. The van der Waals surface area contributed by atoms with Crippen LogP contribution in [0.4, 0.5) is 11.5 Å². The summed E-state index contributed by atoms with van der Waals surface area (Å²) in [5, 5.41) is 13.4. The van der Waals surface area contributed by atoms with Gasteiger partial charge in [-0.3, -0.25) is 14.9 Å². The number of hydrogen-bond donors (Lipinski definition) is 1. The third-order valence-electron chi connectivity index (χ3n) is 2.77. The summed E-state index contributed by atoms with van der Waals surface area (Å²) in [4.78, 5) is 38.1. The van der Waals surface area contributed by atoms with Crippen LogP contribution in [0, 0.1) is 10.1 Å². The van der Waals surface area contributed by atoms with Crippen molar-refractivity contribution in [3.63, 3.8) is 0 Å². The topological polar surface area (TPSA) is 111 Å². The van der Waals surface area contributed by atoms with Gasteiger partial charge in [-0.25, -0.2) is 9.78 Å². The Hall–Kier alpha value is -2.81. The number of hydrogen-bond acceptors (Lipinski definition) is 6. The number of carbonyl (C=O) groups is 2. The van der Waals surface area contributed by atoms with Crippen molar-refractivity contribution >= 4 is 39.3 Å². The van der Waals surface area contributed by atoms with Crippen LogP contribution in [0.15, 0.2) is 41.0 Å². The number of benzene rings is 1. The van der Waals surface area contributed by atoms with Crippen LogP contribution >= 0.6 is 15.9 Å². The molecule has 0 unspecified atom stereocenters. The van der Waals surface area contributed by atoms with Crippen molar-refractivity contribution in [2.75, 3.05) is 12.4 Å². The van der Waals surface area contributed by atoms with Crippen molar-refractivity contribution in [2.45, 2.75) is 0 Å². The molecule has 8 nitrogen and oxygen atoms in total. The maximum absolute atomic E-state index is 12.2. The fraction of sp³-hybridized carbons (Fsp3) is 0.0714. The average molecular weight is 380 g/mol. The summed E-state index contributed by atoms with van der Waals surface area (Å²) >= 11 is 3.17. The van der Waals surface area contributed by atoms with Crippen LogP contribution in [-0.4, -0.2) is 28.9 Å². The molecule has 1 aromatic carbocycles. The van der Waals surface area contributed by atoms with Crippen LogP contribution in [0.1, 0.15) is 20.7 Å². The van der Waals surface area contributed by atoms with Gasteiger partial charge in [0.15, 0.2) is 0 Å². The summed E-state index contributed by atoms with van der Waals surface area (Å²) in [6.45, 7) is 0. The lowest BCUT2D eigenvalue weighted by atomic mass is 10.1. The molecular weight excluding hydrogens is 370 g/mol. The molecule has 0 saturated heterocycles. The zero-order valence-corrected chi connectivity index (χ0v) is 13.4. The number of non-ortho nitro benzene ring substituents is 1. The first-order valence-electron chi connectivity index (χ1n) is 6.22. The van der Waals surface area contributed by atoms with Gasteiger partial charge in [0.05, 0.1) is 17.6 Å². The first-order chi connectivity index (χ1) is 10.9. The van der Waals surface area contributed by atoms with E-state index in [9.17, 15) is 19.7 Å². The van der Waals surface area contributed by atoms with Crippen molar-refractivity contribution in [1.29, 1.82) is 0 Å². The number of nitrogens with zero attached hydrogens (tertiary/aromatic N) is 2. The monoisotopic (exact) mass is 379 g/mol. The molecule has 118 valence electrons. The number of amides is 1. The maximum Gasteiger partial charge on any atom is 0.338 e. The number of anilines is 1. The minimum atomic E-state index is -0.775. The highest BCUT2D eigenvalue weighted by Crippen LogP contribution is 2.19. The van der Waals surface area contributed by atoms with Gasteiger partial charge in [0.2, 0.25) is 0 Å². The quantitative estimate of drug-likeness (QED) is 0.378. The number of esters is 1. The van der Waals surface area contributed by atoms with Gasteiger partial charge >= 0.3 is 5.97 Å². The number of ether oxygens (including phenoxy) is 1. The minimum Gasteiger partial charge on any atom is -0.465 e. The lowest BCUT2D eigenvalue weighted by Crippen LogP contribution is -2.14. The molecule has 0 bridgehead atoms. The molecule has 0 saturated carbocycles. The summed E-state index contributed by atoms with van der Waals surface area (Å²) in [5.41, 5.74) is -0.532. The van der Waals surface area contributed by atoms with Gasteiger partial charge in [-0.05, 0) is 34.1 Å². The molecule has 0 spiro atoms. The minimum absolute atomic E-state index is 0.0543. The number of halogens is 1.